The number of nitrogens with one attached hydrogen (secondary N) is 1. The second-order valence-corrected chi connectivity index (χ2v) is 7.03. The second-order valence-electron chi connectivity index (χ2n) is 7.03. The molecule has 8 heteroatoms. The van der Waals surface area contributed by atoms with Gasteiger partial charge in [0.05, 0.1) is 11.8 Å². The number of carbonyl (C=O) groups is 3. The summed E-state index contributed by atoms with van der Waals surface area (Å²) in [5.41, 5.74) is -0.191. The summed E-state index contributed by atoms with van der Waals surface area (Å²) in [6.07, 6.45) is 3.85. The molecule has 1 aromatic rings. The largest absolute Gasteiger partial charge is 0.481 e. The third-order valence-corrected chi connectivity index (χ3v) is 4.91. The highest BCUT2D eigenvalue weighted by Crippen LogP contribution is 2.25. The zero-order valence-corrected chi connectivity index (χ0v) is 14.5. The van der Waals surface area contributed by atoms with Crippen molar-refractivity contribution in [2.45, 2.75) is 38.3 Å². The molecule has 140 valence electrons. The van der Waals surface area contributed by atoms with Gasteiger partial charge >= 0.3 is 5.97 Å². The molecule has 3 rings (SSSR count). The third kappa shape index (κ3) is 4.50. The Bertz CT molecular complexity index is 755. The van der Waals surface area contributed by atoms with Crippen LogP contribution in [0.5, 0.6) is 0 Å². The molecular weight excluding hydrogens is 338 g/mol. The van der Waals surface area contributed by atoms with Gasteiger partial charge in [0.1, 0.15) is 0 Å². The summed E-state index contributed by atoms with van der Waals surface area (Å²) < 4.78 is 1.44. The van der Waals surface area contributed by atoms with E-state index in [1.807, 2.05) is 0 Å². The van der Waals surface area contributed by atoms with Crippen molar-refractivity contribution in [3.63, 3.8) is 0 Å². The average Bonchev–Trinajstić information content (AvgIpc) is 3.44. The van der Waals surface area contributed by atoms with Gasteiger partial charge in [0.25, 0.3) is 5.56 Å². The number of amides is 2. The first kappa shape index (κ1) is 18.2. The van der Waals surface area contributed by atoms with E-state index in [0.717, 1.165) is 12.8 Å². The van der Waals surface area contributed by atoms with Crippen molar-refractivity contribution in [1.29, 1.82) is 0 Å². The monoisotopic (exact) mass is 361 g/mol. The summed E-state index contributed by atoms with van der Waals surface area (Å²) in [6.45, 7) is 0.557. The van der Waals surface area contributed by atoms with Crippen LogP contribution in [0.4, 0.5) is 0 Å². The van der Waals surface area contributed by atoms with Crippen LogP contribution in [0, 0.1) is 11.8 Å². The van der Waals surface area contributed by atoms with Gasteiger partial charge in [-0.3, -0.25) is 19.2 Å². The first-order valence-corrected chi connectivity index (χ1v) is 8.90. The molecule has 0 radical (unpaired) electrons. The molecule has 1 aromatic heterocycles. The fraction of sp³-hybridized carbons (Fsp3) is 0.556. The van der Waals surface area contributed by atoms with Gasteiger partial charge in [-0.15, -0.1) is 0 Å². The highest BCUT2D eigenvalue weighted by molar-refractivity contribution is 5.83. The molecule has 2 fully saturated rings. The molecule has 2 atom stereocenters. The molecule has 1 aliphatic heterocycles. The van der Waals surface area contributed by atoms with E-state index >= 15 is 0 Å². The predicted octanol–water partition coefficient (Wildman–Crippen LogP) is 0.0663. The molecule has 2 N–H and O–H groups in total. The summed E-state index contributed by atoms with van der Waals surface area (Å²) in [6, 6.07) is 4.96. The van der Waals surface area contributed by atoms with Crippen LogP contribution in [0.15, 0.2) is 29.2 Å². The Hall–Kier alpha value is -2.64. The van der Waals surface area contributed by atoms with Crippen LogP contribution in [-0.4, -0.2) is 51.5 Å². The molecule has 2 aliphatic rings. The van der Waals surface area contributed by atoms with Crippen molar-refractivity contribution >= 4 is 17.8 Å². The Balaban J connectivity index is 1.63. The summed E-state index contributed by atoms with van der Waals surface area (Å²) in [7, 11) is 0. The quantitative estimate of drug-likeness (QED) is 0.745. The number of nitrogens with zero attached hydrogens (tertiary/aromatic N) is 2. The SMILES string of the molecule is O=C(O)[C@H]1C[C@H](C(=O)NC2CC2)CN(C(=O)CCn2ccccc2=O)C1. The van der Waals surface area contributed by atoms with Gasteiger partial charge in [0.2, 0.25) is 11.8 Å². The molecule has 0 unspecified atom stereocenters. The van der Waals surface area contributed by atoms with Crippen LogP contribution in [-0.2, 0) is 20.9 Å². The van der Waals surface area contributed by atoms with E-state index in [-0.39, 0.29) is 55.9 Å². The first-order valence-electron chi connectivity index (χ1n) is 8.90. The summed E-state index contributed by atoms with van der Waals surface area (Å²) in [4.78, 5) is 49.5. The van der Waals surface area contributed by atoms with E-state index in [0.29, 0.717) is 0 Å². The number of rotatable bonds is 6. The van der Waals surface area contributed by atoms with Gasteiger partial charge in [-0.05, 0) is 25.3 Å². The molecule has 8 nitrogen and oxygen atoms in total. The van der Waals surface area contributed by atoms with Gasteiger partial charge < -0.3 is 19.9 Å². The number of aromatic nitrogens is 1. The number of carboxylic acid groups (broad SMARTS) is 1. The molecule has 1 saturated carbocycles. The highest BCUT2D eigenvalue weighted by atomic mass is 16.4. The smallest absolute Gasteiger partial charge is 0.308 e. The summed E-state index contributed by atoms with van der Waals surface area (Å²) >= 11 is 0. The minimum Gasteiger partial charge on any atom is -0.481 e. The number of aryl methyl sites for hydroxylation is 1. The molecule has 2 heterocycles. The number of hydrogen-bond donors (Lipinski definition) is 2. The number of piperidine rings is 1. The molecule has 1 aliphatic carbocycles. The molecule has 2 amide bonds. The summed E-state index contributed by atoms with van der Waals surface area (Å²) in [5, 5.41) is 12.3. The normalized spacial score (nSPS) is 22.7. The molecule has 0 bridgehead atoms. The zero-order chi connectivity index (χ0) is 18.7. The number of aliphatic carboxylic acids is 1. The molecule has 0 aromatic carbocycles. The Morgan fingerprint density at radius 1 is 1.15 bits per heavy atom. The molecule has 26 heavy (non-hydrogen) atoms. The van der Waals surface area contributed by atoms with Crippen LogP contribution in [0.25, 0.3) is 0 Å². The lowest BCUT2D eigenvalue weighted by molar-refractivity contribution is -0.148. The Morgan fingerprint density at radius 3 is 2.54 bits per heavy atom. The lowest BCUT2D eigenvalue weighted by Crippen LogP contribution is -2.50. The van der Waals surface area contributed by atoms with Gasteiger partial charge in [-0.1, -0.05) is 6.07 Å². The van der Waals surface area contributed by atoms with Gasteiger partial charge in [-0.2, -0.15) is 0 Å². The van der Waals surface area contributed by atoms with Gasteiger partial charge in [0, 0.05) is 44.4 Å². The minimum atomic E-state index is -0.994. The second kappa shape index (κ2) is 7.72. The van der Waals surface area contributed by atoms with Crippen LogP contribution in [0.1, 0.15) is 25.7 Å². The van der Waals surface area contributed by atoms with E-state index < -0.39 is 17.8 Å². The van der Waals surface area contributed by atoms with E-state index in [2.05, 4.69) is 5.32 Å². The van der Waals surface area contributed by atoms with E-state index in [9.17, 15) is 24.3 Å². The first-order chi connectivity index (χ1) is 12.4. The lowest BCUT2D eigenvalue weighted by atomic mass is 9.88. The fourth-order valence-corrected chi connectivity index (χ4v) is 3.24. The van der Waals surface area contributed by atoms with Crippen molar-refractivity contribution in [1.82, 2.24) is 14.8 Å². The van der Waals surface area contributed by atoms with Crippen LogP contribution >= 0.6 is 0 Å². The van der Waals surface area contributed by atoms with Crippen molar-refractivity contribution < 1.29 is 19.5 Å². The van der Waals surface area contributed by atoms with E-state index in [1.165, 1.54) is 15.5 Å². The number of carbonyl (C=O) groups excluding carboxylic acids is 2. The van der Waals surface area contributed by atoms with Crippen molar-refractivity contribution in [2.24, 2.45) is 11.8 Å². The Labute approximate surface area is 150 Å². The maximum atomic E-state index is 12.5. The summed E-state index contributed by atoms with van der Waals surface area (Å²) in [5.74, 6) is -2.66. The standard InChI is InChI=1S/C18H23N3O5/c22-15-3-1-2-7-20(15)8-6-16(23)21-10-12(9-13(11-21)18(25)26)17(24)19-14-4-5-14/h1-3,7,12-14H,4-6,8-11H2,(H,19,24)(H,25,26)/t12-,13-/m0/s1. The predicted molar refractivity (Wildman–Crippen MR) is 92.3 cm³/mol. The maximum absolute atomic E-state index is 12.5. The van der Waals surface area contributed by atoms with E-state index in [1.54, 1.807) is 18.3 Å². The van der Waals surface area contributed by atoms with Crippen LogP contribution in [0.3, 0.4) is 0 Å². The average molecular weight is 361 g/mol. The van der Waals surface area contributed by atoms with Crippen molar-refractivity contribution in [2.75, 3.05) is 13.1 Å². The fourth-order valence-electron chi connectivity index (χ4n) is 3.24. The number of hydrogen-bond acceptors (Lipinski definition) is 4. The topological polar surface area (TPSA) is 109 Å². The molecule has 0 spiro atoms. The van der Waals surface area contributed by atoms with Gasteiger partial charge in [0.15, 0.2) is 0 Å². The maximum Gasteiger partial charge on any atom is 0.308 e. The van der Waals surface area contributed by atoms with Gasteiger partial charge in [-0.25, -0.2) is 0 Å². The lowest BCUT2D eigenvalue weighted by Gasteiger charge is -2.35. The molecular formula is C18H23N3O5. The Kier molecular flexibility index (Phi) is 5.39. The zero-order valence-electron chi connectivity index (χ0n) is 14.5. The van der Waals surface area contributed by atoms with Crippen LogP contribution in [0.2, 0.25) is 0 Å². The highest BCUT2D eigenvalue weighted by Gasteiger charge is 2.38. The number of pyridine rings is 1. The van der Waals surface area contributed by atoms with Crippen molar-refractivity contribution in [3.8, 4) is 0 Å². The number of carboxylic acids is 1. The minimum absolute atomic E-state index is 0.0905. The Morgan fingerprint density at radius 2 is 1.88 bits per heavy atom. The number of likely N-dealkylation sites (tertiary alicyclic amines) is 1. The third-order valence-electron chi connectivity index (χ3n) is 4.91. The van der Waals surface area contributed by atoms with E-state index in [4.69, 9.17) is 0 Å². The van der Waals surface area contributed by atoms with Crippen LogP contribution < -0.4 is 10.9 Å². The van der Waals surface area contributed by atoms with Crippen molar-refractivity contribution in [3.05, 3.63) is 34.7 Å². The molecule has 1 saturated heterocycles.